The Balaban J connectivity index is 2.29. The Morgan fingerprint density at radius 1 is 1.10 bits per heavy atom. The lowest BCUT2D eigenvalue weighted by Gasteiger charge is -2.17. The van der Waals surface area contributed by atoms with Gasteiger partial charge in [0.05, 0.1) is 10.6 Å². The summed E-state index contributed by atoms with van der Waals surface area (Å²) in [6.07, 6.45) is 1.96. The Hall–Kier alpha value is -1.59. The van der Waals surface area contributed by atoms with E-state index in [1.807, 2.05) is 36.6 Å². The minimum Gasteiger partial charge on any atom is -0.290 e. The van der Waals surface area contributed by atoms with Crippen molar-refractivity contribution in [3.63, 3.8) is 0 Å². The third kappa shape index (κ3) is 1.98. The summed E-state index contributed by atoms with van der Waals surface area (Å²) in [4.78, 5) is 14.2. The number of fused-ring (bicyclic) bond motifs is 2. The molecular weight excluding hydrogens is 290 g/mol. The molecule has 0 N–H and O–H groups in total. The van der Waals surface area contributed by atoms with Gasteiger partial charge in [0.2, 0.25) is 0 Å². The highest BCUT2D eigenvalue weighted by atomic mass is 32.2. The Bertz CT molecular complexity index is 728. The maximum atomic E-state index is 12.7. The van der Waals surface area contributed by atoms with Crippen LogP contribution in [0, 0.1) is 0 Å². The summed E-state index contributed by atoms with van der Waals surface area (Å²) in [5, 5.41) is 0. The van der Waals surface area contributed by atoms with Crippen LogP contribution in [-0.4, -0.2) is 23.3 Å². The quantitative estimate of drug-likeness (QED) is 0.760. The van der Waals surface area contributed by atoms with Crippen molar-refractivity contribution in [1.29, 1.82) is 0 Å². The van der Waals surface area contributed by atoms with Gasteiger partial charge < -0.3 is 0 Å². The fourth-order valence-corrected chi connectivity index (χ4v) is 4.01. The first-order chi connectivity index (χ1) is 9.63. The number of hydrogen-bond acceptors (Lipinski definition) is 3. The van der Waals surface area contributed by atoms with Crippen molar-refractivity contribution in [2.45, 2.75) is 9.79 Å². The summed E-state index contributed by atoms with van der Waals surface area (Å²) in [6.45, 7) is 0. The van der Waals surface area contributed by atoms with E-state index in [4.69, 9.17) is 0 Å². The Labute approximate surface area is 124 Å². The van der Waals surface area contributed by atoms with Gasteiger partial charge >= 0.3 is 0 Å². The first-order valence-electron chi connectivity index (χ1n) is 6.11. The van der Waals surface area contributed by atoms with Crippen molar-refractivity contribution >= 4 is 34.2 Å². The van der Waals surface area contributed by atoms with Crippen molar-refractivity contribution in [2.24, 2.45) is 0 Å². The van der Waals surface area contributed by atoms with Gasteiger partial charge in [0.15, 0.2) is 16.8 Å². The van der Waals surface area contributed by atoms with E-state index in [9.17, 15) is 9.00 Å². The number of thioether (sulfide) groups is 1. The van der Waals surface area contributed by atoms with Crippen molar-refractivity contribution in [3.8, 4) is 0 Å². The number of carbonyl (C=O) groups is 1. The Morgan fingerprint density at radius 2 is 1.85 bits per heavy atom. The van der Waals surface area contributed by atoms with Gasteiger partial charge in [-0.05, 0) is 36.6 Å². The molecule has 3 nitrogen and oxygen atoms in total. The molecule has 1 aliphatic heterocycles. The third-order valence-corrected chi connectivity index (χ3v) is 5.49. The van der Waals surface area contributed by atoms with Crippen LogP contribution in [0.2, 0.25) is 0 Å². The van der Waals surface area contributed by atoms with Crippen molar-refractivity contribution < 1.29 is 9.00 Å². The topological polar surface area (TPSA) is 37.4 Å². The van der Waals surface area contributed by atoms with Crippen LogP contribution in [-0.2, 0) is 11.0 Å². The summed E-state index contributed by atoms with van der Waals surface area (Å²) in [5.41, 5.74) is 1.83. The first kappa shape index (κ1) is 13.4. The van der Waals surface area contributed by atoms with E-state index < -0.39 is 11.0 Å². The zero-order chi connectivity index (χ0) is 14.3. The smallest absolute Gasteiger partial charge is 0.196 e. The predicted molar refractivity (Wildman–Crippen MR) is 82.9 cm³/mol. The second-order valence-corrected chi connectivity index (χ2v) is 6.82. The van der Waals surface area contributed by atoms with Crippen LogP contribution in [0.15, 0.2) is 52.3 Å². The molecule has 0 radical (unpaired) electrons. The number of anilines is 1. The Kier molecular flexibility index (Phi) is 3.40. The van der Waals surface area contributed by atoms with Crippen LogP contribution in [0.3, 0.4) is 0 Å². The highest BCUT2D eigenvalue weighted by Gasteiger charge is 2.28. The number of ketones is 1. The number of rotatable bonds is 1. The second-order valence-electron chi connectivity index (χ2n) is 4.45. The molecule has 0 spiro atoms. The fourth-order valence-electron chi connectivity index (χ4n) is 2.28. The van der Waals surface area contributed by atoms with Crippen molar-refractivity contribution in [3.05, 3.63) is 53.6 Å². The molecule has 20 heavy (non-hydrogen) atoms. The highest BCUT2D eigenvalue weighted by molar-refractivity contribution is 7.98. The molecule has 5 heteroatoms. The molecule has 2 aromatic carbocycles. The molecular formula is C15H13NO2S2. The maximum absolute atomic E-state index is 12.7. The standard InChI is InChI=1S/C15H13NO2S2/c1-16-13-6-4-3-5-11(13)15(17)12-8-7-10(19-2)9-14(12)20(16)18/h3-9H,1-2H3. The third-order valence-electron chi connectivity index (χ3n) is 3.36. The molecule has 1 heterocycles. The lowest BCUT2D eigenvalue weighted by molar-refractivity contribution is 0.103. The summed E-state index contributed by atoms with van der Waals surface area (Å²) < 4.78 is 14.3. The van der Waals surface area contributed by atoms with Crippen LogP contribution in [0.25, 0.3) is 0 Å². The molecule has 3 rings (SSSR count). The summed E-state index contributed by atoms with van der Waals surface area (Å²) in [5.74, 6) is -0.0686. The monoisotopic (exact) mass is 303 g/mol. The van der Waals surface area contributed by atoms with E-state index >= 15 is 0 Å². The van der Waals surface area contributed by atoms with Gasteiger partial charge in [-0.2, -0.15) is 0 Å². The van der Waals surface area contributed by atoms with Crippen LogP contribution < -0.4 is 4.31 Å². The maximum Gasteiger partial charge on any atom is 0.196 e. The SMILES string of the molecule is CSc1ccc2c(c1)S(=O)N(C)c1ccccc1C2=O. The minimum absolute atomic E-state index is 0.0686. The lowest BCUT2D eigenvalue weighted by Crippen LogP contribution is -2.20. The molecule has 102 valence electrons. The van der Waals surface area contributed by atoms with Crippen molar-refractivity contribution in [2.75, 3.05) is 17.6 Å². The average Bonchev–Trinajstić information content (AvgIpc) is 2.58. The predicted octanol–water partition coefficient (Wildman–Crippen LogP) is 3.11. The van der Waals surface area contributed by atoms with E-state index in [1.165, 1.54) is 0 Å². The number of nitrogens with zero attached hydrogens (tertiary/aromatic N) is 1. The van der Waals surface area contributed by atoms with Crippen LogP contribution >= 0.6 is 11.8 Å². The molecule has 0 aromatic heterocycles. The molecule has 0 aliphatic carbocycles. The van der Waals surface area contributed by atoms with Gasteiger partial charge in [0.25, 0.3) is 0 Å². The average molecular weight is 303 g/mol. The van der Waals surface area contributed by atoms with E-state index in [2.05, 4.69) is 0 Å². The number of para-hydroxylation sites is 1. The van der Waals surface area contributed by atoms with Gasteiger partial charge in [0.1, 0.15) is 0 Å². The molecule has 0 bridgehead atoms. The molecule has 0 saturated heterocycles. The molecule has 0 amide bonds. The van der Waals surface area contributed by atoms with Gasteiger partial charge in [-0.15, -0.1) is 11.8 Å². The summed E-state index contributed by atoms with van der Waals surface area (Å²) in [6, 6.07) is 12.8. The van der Waals surface area contributed by atoms with Crippen molar-refractivity contribution in [1.82, 2.24) is 0 Å². The van der Waals surface area contributed by atoms with Crippen LogP contribution in [0.1, 0.15) is 15.9 Å². The summed E-state index contributed by atoms with van der Waals surface area (Å²) >= 11 is 1.57. The van der Waals surface area contributed by atoms with Gasteiger partial charge in [-0.3, -0.25) is 9.10 Å². The van der Waals surface area contributed by atoms with Gasteiger partial charge in [0, 0.05) is 23.1 Å². The molecule has 0 fully saturated rings. The van der Waals surface area contributed by atoms with E-state index in [1.54, 1.807) is 35.2 Å². The molecule has 1 aliphatic rings. The largest absolute Gasteiger partial charge is 0.290 e. The fraction of sp³-hybridized carbons (Fsp3) is 0.133. The zero-order valence-corrected chi connectivity index (χ0v) is 12.8. The summed E-state index contributed by atoms with van der Waals surface area (Å²) in [7, 11) is 0.381. The van der Waals surface area contributed by atoms with Crippen LogP contribution in [0.5, 0.6) is 0 Å². The number of hydrogen-bond donors (Lipinski definition) is 0. The number of carbonyl (C=O) groups excluding carboxylic acids is 1. The highest BCUT2D eigenvalue weighted by Crippen LogP contribution is 2.33. The van der Waals surface area contributed by atoms with E-state index in [-0.39, 0.29) is 5.78 Å². The van der Waals surface area contributed by atoms with Crippen LogP contribution in [0.4, 0.5) is 5.69 Å². The zero-order valence-electron chi connectivity index (χ0n) is 11.1. The second kappa shape index (κ2) is 5.07. The first-order valence-corrected chi connectivity index (χ1v) is 8.44. The number of benzene rings is 2. The molecule has 1 atom stereocenters. The molecule has 0 saturated carbocycles. The van der Waals surface area contributed by atoms with E-state index in [0.29, 0.717) is 21.7 Å². The molecule has 2 aromatic rings. The lowest BCUT2D eigenvalue weighted by atomic mass is 10.0. The molecule has 1 unspecified atom stereocenters. The van der Waals surface area contributed by atoms with Gasteiger partial charge in [-0.25, -0.2) is 4.21 Å². The Morgan fingerprint density at radius 3 is 2.60 bits per heavy atom. The minimum atomic E-state index is -1.37. The normalized spacial score (nSPS) is 17.4. The van der Waals surface area contributed by atoms with E-state index in [0.717, 1.165) is 4.90 Å². The van der Waals surface area contributed by atoms with Gasteiger partial charge in [-0.1, -0.05) is 12.1 Å².